The van der Waals surface area contributed by atoms with Gasteiger partial charge in [-0.25, -0.2) is 14.4 Å². The average molecular weight is 1270 g/mol. The molecule has 2 fully saturated rings. The number of ether oxygens (including phenoxy) is 5. The third-order valence-electron chi connectivity index (χ3n) is 16.9. The molecule has 91 heavy (non-hydrogen) atoms. The molecule has 7 amide bonds. The zero-order valence-corrected chi connectivity index (χ0v) is 53.5. The number of anilines is 1. The molecular formula is C63H89N11O17. The van der Waals surface area contributed by atoms with Gasteiger partial charge in [0.05, 0.1) is 54.5 Å². The van der Waals surface area contributed by atoms with Gasteiger partial charge >= 0.3 is 18.1 Å². The number of benzene rings is 3. The number of aliphatic carboxylic acids is 1. The van der Waals surface area contributed by atoms with Crippen LogP contribution in [-0.2, 0) is 56.1 Å². The van der Waals surface area contributed by atoms with Crippen molar-refractivity contribution in [1.82, 2.24) is 51.0 Å². The summed E-state index contributed by atoms with van der Waals surface area (Å²) in [4.78, 5) is 101. The zero-order chi connectivity index (χ0) is 67.0. The van der Waals surface area contributed by atoms with Crippen molar-refractivity contribution in [3.8, 4) is 17.1 Å². The molecule has 498 valence electrons. The van der Waals surface area contributed by atoms with E-state index in [0.29, 0.717) is 48.3 Å². The molecule has 3 heterocycles. The van der Waals surface area contributed by atoms with Gasteiger partial charge in [-0.3, -0.25) is 24.1 Å². The standard InChI is InChI=1S/C63H89N11O17/c1-13-35(6)49(45(87-11)29-46(75)74-27-17-20-43(74)54(88-12)36(7)57(80)67-37(8)50(76)40-18-15-14-16-19-40)72(9)59(82)47(33(2)3)69-58(81)48(34(4)5)73(10)63(86)89-31-39-23-26-44(90-61-53(79)51(77)52(78)55(91-61)60(83)84)42(28-39)68-62(85)64-30-38-21-24-41(25-22-38)56-70-65-32-66-71-56/h14-16,18-19,21-26,28,32-37,43,45,47-55,61,76-79H,13,17,20,27,29-31H2,1-12H3,(H,67,80)(H,69,81)(H,83,84)(H2,64,68,85)/t35-,36+,37+,43-,45+,47-,48-,49-,50+,51-,52-,53+,54+,55-,61+/m0/s1. The van der Waals surface area contributed by atoms with Crippen LogP contribution in [0.4, 0.5) is 15.3 Å². The lowest BCUT2D eigenvalue weighted by Gasteiger charge is -2.41. The van der Waals surface area contributed by atoms with Gasteiger partial charge in [-0.15, -0.1) is 20.4 Å². The summed E-state index contributed by atoms with van der Waals surface area (Å²) in [7, 11) is 5.96. The number of aliphatic hydroxyl groups excluding tert-OH is 4. The largest absolute Gasteiger partial charge is 0.479 e. The van der Waals surface area contributed by atoms with Gasteiger partial charge in [-0.2, -0.15) is 0 Å². The van der Waals surface area contributed by atoms with E-state index in [0.717, 1.165) is 4.90 Å². The molecule has 2 aliphatic rings. The number of methoxy groups -OCH3 is 2. The highest BCUT2D eigenvalue weighted by Crippen LogP contribution is 2.33. The van der Waals surface area contributed by atoms with Gasteiger partial charge in [0.25, 0.3) is 0 Å². The number of amides is 7. The predicted molar refractivity (Wildman–Crippen MR) is 329 cm³/mol. The van der Waals surface area contributed by atoms with Crippen molar-refractivity contribution in [3.63, 3.8) is 0 Å². The maximum absolute atomic E-state index is 14.9. The normalized spacial score (nSPS) is 21.2. The van der Waals surface area contributed by atoms with E-state index in [2.05, 4.69) is 41.7 Å². The van der Waals surface area contributed by atoms with E-state index < -0.39 is 133 Å². The summed E-state index contributed by atoms with van der Waals surface area (Å²) in [5, 5.41) is 78.7. The van der Waals surface area contributed by atoms with Crippen LogP contribution in [0, 0.1) is 23.7 Å². The highest BCUT2D eigenvalue weighted by Gasteiger charge is 2.49. The molecule has 0 radical (unpaired) electrons. The Kier molecular flexibility index (Phi) is 26.4. The first-order chi connectivity index (χ1) is 43.2. The van der Waals surface area contributed by atoms with E-state index in [4.69, 9.17) is 23.7 Å². The molecule has 3 aromatic carbocycles. The zero-order valence-electron chi connectivity index (χ0n) is 53.5. The third-order valence-corrected chi connectivity index (χ3v) is 16.9. The van der Waals surface area contributed by atoms with E-state index in [1.807, 2.05) is 32.0 Å². The van der Waals surface area contributed by atoms with Gasteiger partial charge in [0.15, 0.2) is 12.4 Å². The Morgan fingerprint density at radius 3 is 2.05 bits per heavy atom. The molecule has 4 aromatic rings. The van der Waals surface area contributed by atoms with Gasteiger partial charge in [0.2, 0.25) is 35.7 Å². The van der Waals surface area contributed by atoms with Crippen LogP contribution < -0.4 is 26.0 Å². The molecule has 6 rings (SSSR count). The molecule has 0 bridgehead atoms. The molecule has 2 aliphatic heterocycles. The minimum atomic E-state index is -2.01. The van der Waals surface area contributed by atoms with E-state index >= 15 is 0 Å². The lowest BCUT2D eigenvalue weighted by Crippen LogP contribution is -2.61. The van der Waals surface area contributed by atoms with Crippen LogP contribution in [-0.4, -0.2) is 210 Å². The van der Waals surface area contributed by atoms with Crippen molar-refractivity contribution < 1.29 is 82.8 Å². The quantitative estimate of drug-likeness (QED) is 0.0376. The maximum atomic E-state index is 14.9. The molecule has 0 saturated carbocycles. The number of carbonyl (C=O) groups is 7. The summed E-state index contributed by atoms with van der Waals surface area (Å²) in [6.45, 7) is 14.3. The second-order valence-electron chi connectivity index (χ2n) is 23.9. The van der Waals surface area contributed by atoms with Crippen LogP contribution in [0.25, 0.3) is 11.4 Å². The number of likely N-dealkylation sites (N-methyl/N-ethyl adjacent to an activating group) is 2. The van der Waals surface area contributed by atoms with Crippen molar-refractivity contribution in [2.45, 2.75) is 173 Å². The highest BCUT2D eigenvalue weighted by atomic mass is 16.7. The van der Waals surface area contributed by atoms with Gasteiger partial charge in [-0.1, -0.05) is 116 Å². The van der Waals surface area contributed by atoms with Gasteiger partial charge in [0, 0.05) is 47.0 Å². The van der Waals surface area contributed by atoms with Crippen molar-refractivity contribution in [3.05, 3.63) is 95.8 Å². The van der Waals surface area contributed by atoms with E-state index in [1.165, 1.54) is 50.7 Å². The number of hydrogen-bond acceptors (Lipinski definition) is 20. The minimum Gasteiger partial charge on any atom is -0.479 e. The van der Waals surface area contributed by atoms with E-state index in [1.54, 1.807) is 89.9 Å². The SMILES string of the molecule is CC[C@H](C)[C@@H]([C@@H](CC(=O)N1CCC[C@H]1[C@H](OC)[C@@H](C)C(=O)N[C@H](C)[C@@H](O)c1ccccc1)OC)N(C)C(=O)[C@@H](NC(=O)[C@H](C(C)C)N(C)C(=O)OCc1ccc(O[C@@H]2O[C@H](C(=O)O)[C@@H](O)[C@H](O)[C@H]2O)c(NC(=O)NCc2ccc(-c3nncnn3)cc2)c1)C(C)C. The molecular weight excluding hydrogens is 1180 g/mol. The molecule has 0 aliphatic carbocycles. The Bertz CT molecular complexity index is 3060. The molecule has 28 heteroatoms. The molecule has 15 atom stereocenters. The highest BCUT2D eigenvalue weighted by molar-refractivity contribution is 5.92. The van der Waals surface area contributed by atoms with Crippen LogP contribution >= 0.6 is 0 Å². The Labute approximate surface area is 529 Å². The number of carbonyl (C=O) groups excluding carboxylic acids is 6. The number of aliphatic hydroxyl groups is 4. The number of rotatable bonds is 29. The molecule has 0 unspecified atom stereocenters. The Balaban J connectivity index is 1.12. The van der Waals surface area contributed by atoms with Gasteiger partial charge in [-0.05, 0) is 66.3 Å². The first-order valence-electron chi connectivity index (χ1n) is 30.4. The average Bonchev–Trinajstić information content (AvgIpc) is 1.64. The maximum Gasteiger partial charge on any atom is 0.410 e. The minimum absolute atomic E-state index is 0.0152. The summed E-state index contributed by atoms with van der Waals surface area (Å²) in [5.41, 5.74) is 2.12. The summed E-state index contributed by atoms with van der Waals surface area (Å²) in [6, 6.07) is 15.2. The number of likely N-dealkylation sites (tertiary alicyclic amines) is 1. The van der Waals surface area contributed by atoms with Gasteiger partial charge < -0.3 is 80.3 Å². The number of hydrogen-bond donors (Lipinski definition) is 9. The number of urea groups is 1. The molecule has 9 N–H and O–H groups in total. The second kappa shape index (κ2) is 33.4. The number of carboxylic acids is 1. The van der Waals surface area contributed by atoms with Crippen molar-refractivity contribution in [1.29, 1.82) is 0 Å². The van der Waals surface area contributed by atoms with Crippen LogP contribution in [0.1, 0.15) is 104 Å². The number of nitrogens with one attached hydrogen (secondary N) is 4. The van der Waals surface area contributed by atoms with E-state index in [-0.39, 0.29) is 47.7 Å². The van der Waals surface area contributed by atoms with Crippen molar-refractivity contribution in [2.24, 2.45) is 23.7 Å². The number of carboxylic acid groups (broad SMARTS) is 1. The second-order valence-corrected chi connectivity index (χ2v) is 23.9. The summed E-state index contributed by atoms with van der Waals surface area (Å²) >= 11 is 0. The Morgan fingerprint density at radius 1 is 0.791 bits per heavy atom. The number of aromatic nitrogens is 4. The Morgan fingerprint density at radius 2 is 1.45 bits per heavy atom. The summed E-state index contributed by atoms with van der Waals surface area (Å²) in [5.74, 6) is -5.16. The van der Waals surface area contributed by atoms with Crippen LogP contribution in [0.15, 0.2) is 79.1 Å². The summed E-state index contributed by atoms with van der Waals surface area (Å²) < 4.78 is 28.9. The topological polar surface area (TPSA) is 376 Å². The lowest BCUT2D eigenvalue weighted by atomic mass is 9.89. The van der Waals surface area contributed by atoms with Crippen LogP contribution in [0.3, 0.4) is 0 Å². The monoisotopic (exact) mass is 1270 g/mol. The Hall–Kier alpha value is -7.99. The lowest BCUT2D eigenvalue weighted by molar-refractivity contribution is -0.271. The fourth-order valence-corrected chi connectivity index (χ4v) is 11.5. The van der Waals surface area contributed by atoms with Crippen molar-refractivity contribution in [2.75, 3.05) is 40.2 Å². The van der Waals surface area contributed by atoms with Crippen LogP contribution in [0.2, 0.25) is 0 Å². The molecule has 28 nitrogen and oxygen atoms in total. The number of nitrogens with zero attached hydrogens (tertiary/aromatic N) is 7. The van der Waals surface area contributed by atoms with Crippen molar-refractivity contribution >= 4 is 47.4 Å². The molecule has 0 spiro atoms. The third kappa shape index (κ3) is 18.4. The van der Waals surface area contributed by atoms with E-state index in [9.17, 15) is 59.1 Å². The first kappa shape index (κ1) is 72.1. The smallest absolute Gasteiger partial charge is 0.410 e. The van der Waals surface area contributed by atoms with Crippen LogP contribution in [0.5, 0.6) is 5.75 Å². The summed E-state index contributed by atoms with van der Waals surface area (Å²) in [6.07, 6.45) is -10.3. The first-order valence-corrected chi connectivity index (χ1v) is 30.4. The molecule has 2 saturated heterocycles. The molecule has 1 aromatic heterocycles. The van der Waals surface area contributed by atoms with Gasteiger partial charge in [0.1, 0.15) is 42.8 Å². The predicted octanol–water partition coefficient (Wildman–Crippen LogP) is 3.42. The fourth-order valence-electron chi connectivity index (χ4n) is 11.5. The fraction of sp³-hybridized carbons (Fsp3) is 0.571.